The topological polar surface area (TPSA) is 97.0 Å². The van der Waals surface area contributed by atoms with E-state index in [-0.39, 0.29) is 12.3 Å². The first-order valence-corrected chi connectivity index (χ1v) is 12.6. The van der Waals surface area contributed by atoms with Crippen LogP contribution in [0.2, 0.25) is 0 Å². The molecule has 200 valence electrons. The normalized spacial score (nSPS) is 12.6. The Hall–Kier alpha value is -3.46. The molecule has 0 aliphatic heterocycles. The van der Waals surface area contributed by atoms with Crippen molar-refractivity contribution in [3.05, 3.63) is 71.8 Å². The first-order valence-electron chi connectivity index (χ1n) is 11.9. The molecular weight excluding hydrogens is 490 g/mol. The minimum absolute atomic E-state index is 0.00537. The van der Waals surface area contributed by atoms with E-state index in [0.717, 1.165) is 11.1 Å². The summed E-state index contributed by atoms with van der Waals surface area (Å²) in [5, 5.41) is 5.49. The average Bonchev–Trinajstić information content (AvgIpc) is 2.82. The number of hydrogen-bond acceptors (Lipinski definition) is 6. The number of ether oxygens (including phenoxy) is 2. The first kappa shape index (κ1) is 29.8. The molecular formula is C28H37N3O5S. The maximum atomic E-state index is 13.8. The number of hydrogen-bond donors (Lipinski definition) is 3. The molecule has 2 atom stereocenters. The maximum absolute atomic E-state index is 13.8. The van der Waals surface area contributed by atoms with Crippen LogP contribution in [0.1, 0.15) is 43.5 Å². The number of nitrogens with one attached hydrogen (secondary N) is 2. The van der Waals surface area contributed by atoms with Crippen LogP contribution in [-0.2, 0) is 14.3 Å². The Morgan fingerprint density at radius 2 is 1.76 bits per heavy atom. The van der Waals surface area contributed by atoms with Crippen LogP contribution in [0, 0.1) is 13.8 Å². The van der Waals surface area contributed by atoms with Crippen molar-refractivity contribution in [3.8, 4) is 5.75 Å². The summed E-state index contributed by atoms with van der Waals surface area (Å²) >= 11 is 4.29. The van der Waals surface area contributed by atoms with Crippen LogP contribution in [0.3, 0.4) is 0 Å². The minimum Gasteiger partial charge on any atom is -0.497 e. The lowest BCUT2D eigenvalue weighted by molar-refractivity contribution is -0.139. The number of anilines is 1. The van der Waals surface area contributed by atoms with Gasteiger partial charge in [-0.05, 0) is 70.0 Å². The molecule has 9 heteroatoms. The van der Waals surface area contributed by atoms with Crippen molar-refractivity contribution in [1.29, 1.82) is 0 Å². The monoisotopic (exact) mass is 527 g/mol. The van der Waals surface area contributed by atoms with Gasteiger partial charge >= 0.3 is 6.09 Å². The van der Waals surface area contributed by atoms with Crippen LogP contribution in [0.5, 0.6) is 5.75 Å². The molecule has 2 rings (SSSR count). The molecule has 3 amide bonds. The number of carbonyl (C=O) groups is 3. The first-order chi connectivity index (χ1) is 17.4. The maximum Gasteiger partial charge on any atom is 0.408 e. The lowest BCUT2D eigenvalue weighted by Gasteiger charge is -2.34. The van der Waals surface area contributed by atoms with Crippen molar-refractivity contribution in [2.24, 2.45) is 0 Å². The van der Waals surface area contributed by atoms with E-state index < -0.39 is 35.6 Å². The van der Waals surface area contributed by atoms with Crippen molar-refractivity contribution < 1.29 is 23.9 Å². The SMILES string of the molecule is C=CCN(C(=O)C(CS)NC(=O)OC(C)(C)C)C(C(=O)Nc1ccc(OC)cc1)c1ccc(C)cc1C. The smallest absolute Gasteiger partial charge is 0.408 e. The summed E-state index contributed by atoms with van der Waals surface area (Å²) < 4.78 is 10.5. The van der Waals surface area contributed by atoms with Gasteiger partial charge in [0.25, 0.3) is 5.91 Å². The molecule has 0 saturated heterocycles. The Labute approximate surface area is 224 Å². The van der Waals surface area contributed by atoms with Crippen molar-refractivity contribution in [3.63, 3.8) is 0 Å². The second-order valence-corrected chi connectivity index (χ2v) is 10.0. The van der Waals surface area contributed by atoms with E-state index in [4.69, 9.17) is 9.47 Å². The lowest BCUT2D eigenvalue weighted by atomic mass is 9.96. The third-order valence-corrected chi connectivity index (χ3v) is 5.78. The van der Waals surface area contributed by atoms with E-state index >= 15 is 0 Å². The Balaban J connectivity index is 2.48. The number of carbonyl (C=O) groups excluding carboxylic acids is 3. The van der Waals surface area contributed by atoms with Crippen molar-refractivity contribution in [1.82, 2.24) is 10.2 Å². The molecule has 0 bridgehead atoms. The third kappa shape index (κ3) is 8.56. The third-order valence-electron chi connectivity index (χ3n) is 5.42. The molecule has 0 saturated carbocycles. The highest BCUT2D eigenvalue weighted by Gasteiger charge is 2.36. The molecule has 0 aromatic heterocycles. The predicted molar refractivity (Wildman–Crippen MR) is 149 cm³/mol. The molecule has 0 radical (unpaired) electrons. The summed E-state index contributed by atoms with van der Waals surface area (Å²) in [5.74, 6) is -0.249. The highest BCUT2D eigenvalue weighted by molar-refractivity contribution is 7.80. The van der Waals surface area contributed by atoms with Gasteiger partial charge in [-0.2, -0.15) is 12.6 Å². The molecule has 37 heavy (non-hydrogen) atoms. The fraction of sp³-hybridized carbons (Fsp3) is 0.393. The van der Waals surface area contributed by atoms with Gasteiger partial charge in [-0.3, -0.25) is 9.59 Å². The molecule has 2 unspecified atom stereocenters. The molecule has 2 aromatic carbocycles. The van der Waals surface area contributed by atoms with Crippen molar-refractivity contribution in [2.45, 2.75) is 52.3 Å². The number of amides is 3. The van der Waals surface area contributed by atoms with Gasteiger partial charge < -0.3 is 25.0 Å². The summed E-state index contributed by atoms with van der Waals surface area (Å²) in [6, 6.07) is 10.5. The van der Waals surface area contributed by atoms with E-state index in [1.54, 1.807) is 52.1 Å². The fourth-order valence-electron chi connectivity index (χ4n) is 3.77. The molecule has 2 aromatic rings. The number of thiol groups is 1. The van der Waals surface area contributed by atoms with Gasteiger partial charge in [-0.25, -0.2) is 4.79 Å². The number of benzene rings is 2. The average molecular weight is 528 g/mol. The quantitative estimate of drug-likeness (QED) is 0.304. The van der Waals surface area contributed by atoms with Crippen LogP contribution in [0.25, 0.3) is 0 Å². The van der Waals surface area contributed by atoms with E-state index in [9.17, 15) is 14.4 Å². The number of methoxy groups -OCH3 is 1. The Morgan fingerprint density at radius 3 is 2.27 bits per heavy atom. The molecule has 2 N–H and O–H groups in total. The standard InChI is InChI=1S/C28H37N3O5S/c1-8-15-31(26(33)23(17-37)30-27(34)36-28(4,5)6)24(22-14-9-18(2)16-19(22)3)25(32)29-20-10-12-21(35-7)13-11-20/h8-14,16,23-24,37H,1,15,17H2,2-7H3,(H,29,32)(H,30,34). The van der Waals surface area contributed by atoms with E-state index in [1.165, 1.54) is 11.0 Å². The largest absolute Gasteiger partial charge is 0.497 e. The van der Waals surface area contributed by atoms with E-state index in [1.807, 2.05) is 32.0 Å². The van der Waals surface area contributed by atoms with Gasteiger partial charge in [-0.1, -0.05) is 29.8 Å². The summed E-state index contributed by atoms with van der Waals surface area (Å²) in [4.78, 5) is 41.3. The Bertz CT molecular complexity index is 1110. The second-order valence-electron chi connectivity index (χ2n) is 9.64. The predicted octanol–water partition coefficient (Wildman–Crippen LogP) is 4.83. The molecule has 0 heterocycles. The van der Waals surface area contributed by atoms with Gasteiger partial charge in [0.15, 0.2) is 0 Å². The zero-order valence-corrected chi connectivity index (χ0v) is 23.2. The highest BCUT2D eigenvalue weighted by atomic mass is 32.1. The molecule has 8 nitrogen and oxygen atoms in total. The fourth-order valence-corrected chi connectivity index (χ4v) is 4.01. The lowest BCUT2D eigenvalue weighted by Crippen LogP contribution is -2.53. The summed E-state index contributed by atoms with van der Waals surface area (Å²) in [7, 11) is 1.56. The second kappa shape index (κ2) is 13.2. The number of aryl methyl sites for hydroxylation is 2. The van der Waals surface area contributed by atoms with Gasteiger partial charge in [-0.15, -0.1) is 6.58 Å². The zero-order chi connectivity index (χ0) is 27.8. The highest BCUT2D eigenvalue weighted by Crippen LogP contribution is 2.28. The summed E-state index contributed by atoms with van der Waals surface area (Å²) in [5.41, 5.74) is 2.33. The van der Waals surface area contributed by atoms with Crippen molar-refractivity contribution >= 4 is 36.2 Å². The van der Waals surface area contributed by atoms with Gasteiger partial charge in [0, 0.05) is 18.0 Å². The van der Waals surface area contributed by atoms with E-state index in [0.29, 0.717) is 17.0 Å². The van der Waals surface area contributed by atoms with E-state index in [2.05, 4.69) is 29.8 Å². The molecule has 0 aliphatic rings. The van der Waals surface area contributed by atoms with Gasteiger partial charge in [0.2, 0.25) is 5.91 Å². The van der Waals surface area contributed by atoms with Crippen LogP contribution < -0.4 is 15.4 Å². The summed E-state index contributed by atoms with van der Waals surface area (Å²) in [6.45, 7) is 12.9. The minimum atomic E-state index is -1.03. The molecule has 0 spiro atoms. The number of rotatable bonds is 10. The Kier molecular flexibility index (Phi) is 10.6. The Morgan fingerprint density at radius 1 is 1.11 bits per heavy atom. The molecule has 0 fully saturated rings. The molecule has 0 aliphatic carbocycles. The van der Waals surface area contributed by atoms with Gasteiger partial charge in [0.1, 0.15) is 23.4 Å². The zero-order valence-electron chi connectivity index (χ0n) is 22.3. The van der Waals surface area contributed by atoms with Crippen LogP contribution >= 0.6 is 12.6 Å². The summed E-state index contributed by atoms with van der Waals surface area (Å²) in [6.07, 6.45) is 0.794. The van der Waals surface area contributed by atoms with Crippen LogP contribution in [-0.4, -0.2) is 53.9 Å². The van der Waals surface area contributed by atoms with Crippen molar-refractivity contribution in [2.75, 3.05) is 24.7 Å². The van der Waals surface area contributed by atoms with Crippen LogP contribution in [0.4, 0.5) is 10.5 Å². The van der Waals surface area contributed by atoms with Gasteiger partial charge in [0.05, 0.1) is 7.11 Å². The number of nitrogens with zero attached hydrogens (tertiary/aromatic N) is 1. The number of alkyl carbamates (subject to hydrolysis) is 1. The van der Waals surface area contributed by atoms with Crippen LogP contribution in [0.15, 0.2) is 55.1 Å².